The van der Waals surface area contributed by atoms with Crippen LogP contribution in [0, 0.1) is 0 Å². The Kier molecular flexibility index (Phi) is 4.10. The lowest BCUT2D eigenvalue weighted by atomic mass is 10.2. The minimum Gasteiger partial charge on any atom is -0.367 e. The maximum Gasteiger partial charge on any atom is 0.0959 e. The van der Waals surface area contributed by atoms with Crippen LogP contribution in [0.1, 0.15) is 17.2 Å². The molecular weight excluding hydrogens is 218 g/mol. The molecule has 84 valence electrons. The maximum absolute atomic E-state index is 5.80. The Morgan fingerprint density at radius 2 is 2.00 bits per heavy atom. The number of nitrogens with two attached hydrogens (primary N) is 1. The van der Waals surface area contributed by atoms with Gasteiger partial charge in [0.1, 0.15) is 0 Å². The van der Waals surface area contributed by atoms with Crippen molar-refractivity contribution in [2.24, 2.45) is 5.73 Å². The smallest absolute Gasteiger partial charge is 0.0959 e. The fourth-order valence-corrected chi connectivity index (χ4v) is 2.23. The normalized spacial score (nSPS) is 12.6. The zero-order chi connectivity index (χ0) is 11.2. The molecule has 0 aliphatic carbocycles. The molecule has 0 saturated heterocycles. The van der Waals surface area contributed by atoms with Crippen molar-refractivity contribution in [3.63, 3.8) is 0 Å². The van der Waals surface area contributed by atoms with Crippen molar-refractivity contribution in [3.8, 4) is 0 Å². The second-order valence-electron chi connectivity index (χ2n) is 3.58. The van der Waals surface area contributed by atoms with E-state index in [-0.39, 0.29) is 6.10 Å². The van der Waals surface area contributed by atoms with Gasteiger partial charge in [-0.2, -0.15) is 11.3 Å². The van der Waals surface area contributed by atoms with Crippen LogP contribution in [0.2, 0.25) is 0 Å². The summed E-state index contributed by atoms with van der Waals surface area (Å²) >= 11 is 1.67. The maximum atomic E-state index is 5.80. The van der Waals surface area contributed by atoms with Crippen molar-refractivity contribution in [2.75, 3.05) is 6.54 Å². The molecule has 1 unspecified atom stereocenters. The highest BCUT2D eigenvalue weighted by atomic mass is 32.1. The molecule has 2 aromatic rings. The predicted molar refractivity (Wildman–Crippen MR) is 67.3 cm³/mol. The summed E-state index contributed by atoms with van der Waals surface area (Å²) in [5.74, 6) is 0. The van der Waals surface area contributed by atoms with Gasteiger partial charge in [0.05, 0.1) is 12.7 Å². The number of thiophene rings is 1. The van der Waals surface area contributed by atoms with Crippen LogP contribution in [0.5, 0.6) is 0 Å². The van der Waals surface area contributed by atoms with Gasteiger partial charge in [-0.3, -0.25) is 0 Å². The van der Waals surface area contributed by atoms with Gasteiger partial charge in [-0.1, -0.05) is 30.3 Å². The molecule has 1 aromatic heterocycles. The molecule has 0 spiro atoms. The molecular formula is C13H15NOS. The third kappa shape index (κ3) is 2.92. The summed E-state index contributed by atoms with van der Waals surface area (Å²) in [5.41, 5.74) is 8.05. The Morgan fingerprint density at radius 1 is 1.19 bits per heavy atom. The molecule has 0 bridgehead atoms. The average Bonchev–Trinajstić information content (AvgIpc) is 2.85. The van der Waals surface area contributed by atoms with Crippen LogP contribution in [0.15, 0.2) is 47.2 Å². The molecule has 3 heteroatoms. The Morgan fingerprint density at radius 3 is 2.62 bits per heavy atom. The first-order valence-electron chi connectivity index (χ1n) is 5.28. The van der Waals surface area contributed by atoms with Gasteiger partial charge in [0.25, 0.3) is 0 Å². The minimum absolute atomic E-state index is 0.00598. The largest absolute Gasteiger partial charge is 0.367 e. The van der Waals surface area contributed by atoms with Gasteiger partial charge < -0.3 is 10.5 Å². The fraction of sp³-hybridized carbons (Fsp3) is 0.231. The standard InChI is InChI=1S/C13H15NOS/c14-8-13(12-6-7-16-10-12)15-9-11-4-2-1-3-5-11/h1-7,10,13H,8-9,14H2. The quantitative estimate of drug-likeness (QED) is 0.861. The van der Waals surface area contributed by atoms with E-state index in [9.17, 15) is 0 Å². The van der Waals surface area contributed by atoms with Crippen molar-refractivity contribution in [1.82, 2.24) is 0 Å². The number of hydrogen-bond acceptors (Lipinski definition) is 3. The van der Waals surface area contributed by atoms with E-state index in [0.29, 0.717) is 13.2 Å². The Labute approximate surface area is 99.7 Å². The van der Waals surface area contributed by atoms with E-state index in [2.05, 4.69) is 23.6 Å². The highest BCUT2D eigenvalue weighted by molar-refractivity contribution is 7.07. The molecule has 1 heterocycles. The number of benzene rings is 1. The van der Waals surface area contributed by atoms with E-state index in [1.807, 2.05) is 23.6 Å². The van der Waals surface area contributed by atoms with Crippen LogP contribution >= 0.6 is 11.3 Å². The summed E-state index contributed by atoms with van der Waals surface area (Å²) in [7, 11) is 0. The van der Waals surface area contributed by atoms with Gasteiger partial charge >= 0.3 is 0 Å². The van der Waals surface area contributed by atoms with Gasteiger partial charge in [0, 0.05) is 6.54 Å². The molecule has 0 saturated carbocycles. The van der Waals surface area contributed by atoms with E-state index in [1.54, 1.807) is 11.3 Å². The van der Waals surface area contributed by atoms with Crippen LogP contribution in [0.3, 0.4) is 0 Å². The van der Waals surface area contributed by atoms with E-state index < -0.39 is 0 Å². The van der Waals surface area contributed by atoms with E-state index in [0.717, 1.165) is 0 Å². The van der Waals surface area contributed by atoms with Gasteiger partial charge in [-0.05, 0) is 28.0 Å². The number of rotatable bonds is 5. The SMILES string of the molecule is NCC(OCc1ccccc1)c1ccsc1. The molecule has 0 aliphatic heterocycles. The predicted octanol–water partition coefficient (Wildman–Crippen LogP) is 2.96. The molecule has 0 amide bonds. The lowest BCUT2D eigenvalue weighted by Crippen LogP contribution is -2.15. The Bertz CT molecular complexity index is 399. The highest BCUT2D eigenvalue weighted by Crippen LogP contribution is 2.20. The first-order chi connectivity index (χ1) is 7.90. The van der Waals surface area contributed by atoms with Crippen LogP contribution in [0.25, 0.3) is 0 Å². The Hall–Kier alpha value is -1.16. The summed E-state index contributed by atoms with van der Waals surface area (Å²) in [4.78, 5) is 0. The van der Waals surface area contributed by atoms with Gasteiger partial charge in [0.15, 0.2) is 0 Å². The molecule has 0 fully saturated rings. The van der Waals surface area contributed by atoms with E-state index in [4.69, 9.17) is 10.5 Å². The molecule has 2 nitrogen and oxygen atoms in total. The third-order valence-electron chi connectivity index (χ3n) is 2.42. The summed E-state index contributed by atoms with van der Waals surface area (Å²) < 4.78 is 5.80. The first kappa shape index (κ1) is 11.3. The summed E-state index contributed by atoms with van der Waals surface area (Å²) in [6.07, 6.45) is 0.00598. The zero-order valence-electron chi connectivity index (χ0n) is 9.00. The van der Waals surface area contributed by atoms with Crippen LogP contribution in [0.4, 0.5) is 0 Å². The number of ether oxygens (including phenoxy) is 1. The lowest BCUT2D eigenvalue weighted by Gasteiger charge is -2.14. The second kappa shape index (κ2) is 5.80. The lowest BCUT2D eigenvalue weighted by molar-refractivity contribution is 0.0459. The monoisotopic (exact) mass is 233 g/mol. The van der Waals surface area contributed by atoms with Crippen molar-refractivity contribution in [1.29, 1.82) is 0 Å². The molecule has 16 heavy (non-hydrogen) atoms. The van der Waals surface area contributed by atoms with Crippen molar-refractivity contribution in [3.05, 3.63) is 58.3 Å². The zero-order valence-corrected chi connectivity index (χ0v) is 9.82. The molecule has 1 aromatic carbocycles. The molecule has 2 rings (SSSR count). The van der Waals surface area contributed by atoms with Crippen molar-refractivity contribution in [2.45, 2.75) is 12.7 Å². The summed E-state index contributed by atoms with van der Waals surface area (Å²) in [6, 6.07) is 12.2. The van der Waals surface area contributed by atoms with E-state index >= 15 is 0 Å². The van der Waals surface area contributed by atoms with Gasteiger partial charge in [0.2, 0.25) is 0 Å². The van der Waals surface area contributed by atoms with Crippen molar-refractivity contribution >= 4 is 11.3 Å². The average molecular weight is 233 g/mol. The Balaban J connectivity index is 1.94. The van der Waals surface area contributed by atoms with Crippen LogP contribution < -0.4 is 5.73 Å². The molecule has 0 aliphatic rings. The highest BCUT2D eigenvalue weighted by Gasteiger charge is 2.10. The fourth-order valence-electron chi connectivity index (χ4n) is 1.53. The first-order valence-corrected chi connectivity index (χ1v) is 6.22. The molecule has 0 radical (unpaired) electrons. The topological polar surface area (TPSA) is 35.2 Å². The van der Waals surface area contributed by atoms with Crippen LogP contribution in [-0.2, 0) is 11.3 Å². The molecule has 2 N–H and O–H groups in total. The minimum atomic E-state index is 0.00598. The third-order valence-corrected chi connectivity index (χ3v) is 3.12. The summed E-state index contributed by atoms with van der Waals surface area (Å²) in [5, 5.41) is 4.13. The second-order valence-corrected chi connectivity index (χ2v) is 4.36. The number of hydrogen-bond donors (Lipinski definition) is 1. The van der Waals surface area contributed by atoms with Crippen LogP contribution in [-0.4, -0.2) is 6.54 Å². The van der Waals surface area contributed by atoms with Gasteiger partial charge in [-0.15, -0.1) is 0 Å². The van der Waals surface area contributed by atoms with Gasteiger partial charge in [-0.25, -0.2) is 0 Å². The van der Waals surface area contributed by atoms with Crippen molar-refractivity contribution < 1.29 is 4.74 Å². The van der Waals surface area contributed by atoms with E-state index in [1.165, 1.54) is 11.1 Å². The molecule has 1 atom stereocenters. The summed E-state index contributed by atoms with van der Waals surface area (Å²) in [6.45, 7) is 1.13.